The third-order valence-corrected chi connectivity index (χ3v) is 7.98. The minimum absolute atomic E-state index is 0.0303. The number of nitrogens with one attached hydrogen (secondary N) is 1. The molecule has 2 heterocycles. The summed E-state index contributed by atoms with van der Waals surface area (Å²) in [6, 6.07) is 10.4. The molecule has 0 radical (unpaired) electrons. The van der Waals surface area contributed by atoms with E-state index in [1.807, 2.05) is 6.07 Å². The largest absolute Gasteiger partial charge is 0.333 e. The zero-order valence-corrected chi connectivity index (χ0v) is 19.1. The first kappa shape index (κ1) is 23.8. The second-order valence-corrected chi connectivity index (χ2v) is 10.9. The zero-order valence-electron chi connectivity index (χ0n) is 18.3. The van der Waals surface area contributed by atoms with Gasteiger partial charge < -0.3 is 10.2 Å². The molecule has 34 heavy (non-hydrogen) atoms. The molecule has 4 amide bonds. The van der Waals surface area contributed by atoms with Gasteiger partial charge in [-0.1, -0.05) is 36.4 Å². The van der Waals surface area contributed by atoms with Crippen molar-refractivity contribution >= 4 is 27.7 Å². The molecule has 0 aliphatic carbocycles. The van der Waals surface area contributed by atoms with Crippen molar-refractivity contribution in [1.82, 2.24) is 15.1 Å². The number of carbonyl (C=O) groups is 3. The van der Waals surface area contributed by atoms with Gasteiger partial charge in [-0.15, -0.1) is 0 Å². The predicted octanol–water partition coefficient (Wildman–Crippen LogP) is 1.95. The van der Waals surface area contributed by atoms with Crippen molar-refractivity contribution < 1.29 is 31.6 Å². The highest BCUT2D eigenvalue weighted by molar-refractivity contribution is 7.91. The summed E-state index contributed by atoms with van der Waals surface area (Å²) >= 11 is 0. The molecule has 2 fully saturated rings. The number of hydrogen-bond donors (Lipinski definition) is 1. The van der Waals surface area contributed by atoms with Gasteiger partial charge in [-0.2, -0.15) is 0 Å². The molecule has 2 aromatic carbocycles. The smallest absolute Gasteiger partial charge is 0.325 e. The highest BCUT2D eigenvalue weighted by Gasteiger charge is 2.50. The van der Waals surface area contributed by atoms with Crippen LogP contribution in [0.25, 0.3) is 0 Å². The first-order chi connectivity index (χ1) is 16.0. The van der Waals surface area contributed by atoms with E-state index >= 15 is 0 Å². The van der Waals surface area contributed by atoms with Crippen molar-refractivity contribution in [3.05, 3.63) is 71.3 Å². The van der Waals surface area contributed by atoms with Crippen LogP contribution in [-0.2, 0) is 31.5 Å². The summed E-state index contributed by atoms with van der Waals surface area (Å²) in [6.45, 7) is 0.840. The fraction of sp³-hybridized carbons (Fsp3) is 0.348. The van der Waals surface area contributed by atoms with E-state index in [0.717, 1.165) is 17.7 Å². The van der Waals surface area contributed by atoms with Gasteiger partial charge in [0.15, 0.2) is 21.5 Å². The lowest BCUT2D eigenvalue weighted by atomic mass is 9.92. The van der Waals surface area contributed by atoms with E-state index in [9.17, 15) is 31.6 Å². The predicted molar refractivity (Wildman–Crippen MR) is 118 cm³/mol. The number of amides is 4. The average molecular weight is 492 g/mol. The Morgan fingerprint density at radius 2 is 1.85 bits per heavy atom. The van der Waals surface area contributed by atoms with Gasteiger partial charge in [0.2, 0.25) is 5.91 Å². The van der Waals surface area contributed by atoms with E-state index in [2.05, 4.69) is 5.32 Å². The third-order valence-electron chi connectivity index (χ3n) is 6.23. The molecule has 2 aliphatic heterocycles. The lowest BCUT2D eigenvalue weighted by molar-refractivity contribution is -0.140. The Kier molecular flexibility index (Phi) is 6.15. The van der Waals surface area contributed by atoms with Crippen molar-refractivity contribution in [3.63, 3.8) is 0 Å². The number of hydrogen-bond acceptors (Lipinski definition) is 5. The quantitative estimate of drug-likeness (QED) is 0.622. The molecule has 0 bridgehead atoms. The maximum atomic E-state index is 13.8. The molecule has 11 heteroatoms. The summed E-state index contributed by atoms with van der Waals surface area (Å²) in [5.41, 5.74) is -0.890. The van der Waals surface area contributed by atoms with Crippen LogP contribution in [0.3, 0.4) is 0 Å². The molecule has 0 saturated carbocycles. The van der Waals surface area contributed by atoms with Crippen LogP contribution in [-0.4, -0.2) is 60.2 Å². The molecule has 1 N–H and O–H groups in total. The maximum Gasteiger partial charge on any atom is 0.325 e. The molecule has 2 atom stereocenters. The third kappa shape index (κ3) is 4.52. The van der Waals surface area contributed by atoms with Crippen LogP contribution < -0.4 is 5.32 Å². The fourth-order valence-electron chi connectivity index (χ4n) is 4.29. The molecule has 4 rings (SSSR count). The summed E-state index contributed by atoms with van der Waals surface area (Å²) in [5, 5.41) is 2.45. The number of imide groups is 1. The Labute approximate surface area is 195 Å². The normalized spacial score (nSPS) is 23.7. The molecule has 2 saturated heterocycles. The van der Waals surface area contributed by atoms with Crippen LogP contribution in [0.2, 0.25) is 0 Å². The Morgan fingerprint density at radius 1 is 1.15 bits per heavy atom. The number of halogens is 2. The Bertz CT molecular complexity index is 1250. The Balaban J connectivity index is 1.57. The SMILES string of the molecule is CC1(c2ccc(F)c(F)c2)NC(=O)N(CC(=O)N(Cc2ccccc2)C2CCS(=O)(=O)C2)C1=O. The summed E-state index contributed by atoms with van der Waals surface area (Å²) in [4.78, 5) is 41.1. The van der Waals surface area contributed by atoms with E-state index in [-0.39, 0.29) is 30.0 Å². The second-order valence-electron chi connectivity index (χ2n) is 8.64. The van der Waals surface area contributed by atoms with Crippen molar-refractivity contribution in [3.8, 4) is 0 Å². The van der Waals surface area contributed by atoms with Crippen molar-refractivity contribution in [2.75, 3.05) is 18.1 Å². The monoisotopic (exact) mass is 491 g/mol. The number of benzene rings is 2. The lowest BCUT2D eigenvalue weighted by Crippen LogP contribution is -2.48. The molecule has 0 spiro atoms. The second kappa shape index (κ2) is 8.79. The van der Waals surface area contributed by atoms with Gasteiger partial charge in [0.25, 0.3) is 5.91 Å². The standard InChI is InChI=1S/C23H23F2N3O5S/c1-23(16-7-8-18(24)19(25)11-16)21(30)28(22(31)26-23)13-20(29)27(12-15-5-3-2-4-6-15)17-9-10-34(32,33)14-17/h2-8,11,17H,9-10,12-14H2,1H3,(H,26,31). The number of urea groups is 1. The van der Waals surface area contributed by atoms with Gasteiger partial charge in [-0.25, -0.2) is 22.0 Å². The molecule has 2 aromatic rings. The topological polar surface area (TPSA) is 104 Å². The summed E-state index contributed by atoms with van der Waals surface area (Å²) in [6.07, 6.45) is 0.258. The molecular formula is C23H23F2N3O5S. The van der Waals surface area contributed by atoms with Crippen molar-refractivity contribution in [2.24, 2.45) is 0 Å². The van der Waals surface area contributed by atoms with Crippen LogP contribution in [0.5, 0.6) is 0 Å². The van der Waals surface area contributed by atoms with Crippen LogP contribution in [0.4, 0.5) is 13.6 Å². The number of rotatable bonds is 6. The highest BCUT2D eigenvalue weighted by atomic mass is 32.2. The van der Waals surface area contributed by atoms with Crippen molar-refractivity contribution in [2.45, 2.75) is 31.5 Å². The number of nitrogens with zero attached hydrogens (tertiary/aromatic N) is 2. The Hall–Kier alpha value is -3.34. The first-order valence-corrected chi connectivity index (χ1v) is 12.5. The zero-order chi connectivity index (χ0) is 24.7. The lowest BCUT2D eigenvalue weighted by Gasteiger charge is -2.30. The molecule has 8 nitrogen and oxygen atoms in total. The van der Waals surface area contributed by atoms with Crippen LogP contribution >= 0.6 is 0 Å². The fourth-order valence-corrected chi connectivity index (χ4v) is 6.02. The van der Waals surface area contributed by atoms with Gasteiger partial charge in [-0.05, 0) is 36.6 Å². The van der Waals surface area contributed by atoms with Gasteiger partial charge in [0.1, 0.15) is 12.1 Å². The molecule has 180 valence electrons. The Morgan fingerprint density at radius 3 is 2.47 bits per heavy atom. The first-order valence-electron chi connectivity index (χ1n) is 10.6. The minimum Gasteiger partial charge on any atom is -0.333 e. The number of carbonyl (C=O) groups excluding carboxylic acids is 3. The van der Waals surface area contributed by atoms with Crippen molar-refractivity contribution in [1.29, 1.82) is 0 Å². The summed E-state index contributed by atoms with van der Waals surface area (Å²) in [7, 11) is -3.30. The van der Waals surface area contributed by atoms with E-state index in [1.54, 1.807) is 24.3 Å². The summed E-state index contributed by atoms with van der Waals surface area (Å²) < 4.78 is 51.2. The van der Waals surface area contributed by atoms with E-state index in [1.165, 1.54) is 17.9 Å². The highest BCUT2D eigenvalue weighted by Crippen LogP contribution is 2.30. The van der Waals surface area contributed by atoms with Crippen LogP contribution in [0, 0.1) is 11.6 Å². The van der Waals surface area contributed by atoms with Gasteiger partial charge in [-0.3, -0.25) is 14.5 Å². The average Bonchev–Trinajstić information content (AvgIpc) is 3.26. The molecule has 0 aromatic heterocycles. The van der Waals surface area contributed by atoms with E-state index in [0.29, 0.717) is 4.90 Å². The maximum absolute atomic E-state index is 13.8. The van der Waals surface area contributed by atoms with Gasteiger partial charge >= 0.3 is 6.03 Å². The molecule has 2 unspecified atom stereocenters. The van der Waals surface area contributed by atoms with E-state index in [4.69, 9.17) is 0 Å². The molecular weight excluding hydrogens is 468 g/mol. The van der Waals surface area contributed by atoms with E-state index < -0.39 is 57.4 Å². The van der Waals surface area contributed by atoms with Gasteiger partial charge in [0, 0.05) is 12.6 Å². The van der Waals surface area contributed by atoms with Crippen LogP contribution in [0.1, 0.15) is 24.5 Å². The molecule has 2 aliphatic rings. The van der Waals surface area contributed by atoms with Gasteiger partial charge in [0.05, 0.1) is 11.5 Å². The summed E-state index contributed by atoms with van der Waals surface area (Å²) in [5.74, 6) is -3.91. The number of sulfone groups is 1. The van der Waals surface area contributed by atoms with Crippen LogP contribution in [0.15, 0.2) is 48.5 Å². The minimum atomic E-state index is -3.30.